The molecule has 1 fully saturated rings. The number of hydrogen-bond donors (Lipinski definition) is 1. The zero-order valence-electron chi connectivity index (χ0n) is 19.4. The minimum absolute atomic E-state index is 0.155. The number of hydrogen-bond acceptors (Lipinski definition) is 5. The fraction of sp³-hybridized carbons (Fsp3) is 0.346. The molecule has 1 aliphatic heterocycles. The molecule has 0 radical (unpaired) electrons. The van der Waals surface area contributed by atoms with Gasteiger partial charge in [0, 0.05) is 10.0 Å². The molecule has 1 N–H and O–H groups in total. The summed E-state index contributed by atoms with van der Waals surface area (Å²) in [7, 11) is 1.53. The molecule has 2 aromatic carbocycles. The van der Waals surface area contributed by atoms with Gasteiger partial charge in [-0.2, -0.15) is 0 Å². The van der Waals surface area contributed by atoms with Crippen LogP contribution in [0.5, 0.6) is 11.5 Å². The van der Waals surface area contributed by atoms with Crippen LogP contribution in [0, 0.1) is 0 Å². The van der Waals surface area contributed by atoms with Gasteiger partial charge in [-0.1, -0.05) is 55.0 Å². The normalized spacial score (nSPS) is 15.0. The smallest absolute Gasteiger partial charge is 0.335 e. The standard InChI is InChI=1S/C26H29BrN2O5/c1-3-4-5-6-7-8-15-34-23-14-9-19(27)16-18(23)17-22-24(30)28-26(32)29(25(22)31)20-10-12-21(33-2)13-11-20/h9-14,16-17H,3-8,15H2,1-2H3,(H,28,30,32)/b22-17+. The summed E-state index contributed by atoms with van der Waals surface area (Å²) in [6, 6.07) is 11.1. The van der Waals surface area contributed by atoms with E-state index in [0.29, 0.717) is 29.4 Å². The number of benzene rings is 2. The van der Waals surface area contributed by atoms with E-state index < -0.39 is 17.8 Å². The van der Waals surface area contributed by atoms with Gasteiger partial charge in [-0.15, -0.1) is 0 Å². The Labute approximate surface area is 208 Å². The van der Waals surface area contributed by atoms with Crippen LogP contribution in [0.1, 0.15) is 51.0 Å². The van der Waals surface area contributed by atoms with E-state index in [1.54, 1.807) is 36.4 Å². The second-order valence-corrected chi connectivity index (χ2v) is 8.87. The minimum atomic E-state index is -0.800. The molecular formula is C26H29BrN2O5. The third-order valence-corrected chi connectivity index (χ3v) is 5.95. The molecule has 0 unspecified atom stereocenters. The second kappa shape index (κ2) is 12.4. The van der Waals surface area contributed by atoms with Gasteiger partial charge in [-0.3, -0.25) is 14.9 Å². The molecule has 2 aromatic rings. The number of urea groups is 1. The first-order valence-electron chi connectivity index (χ1n) is 11.4. The highest BCUT2D eigenvalue weighted by molar-refractivity contribution is 9.10. The van der Waals surface area contributed by atoms with Gasteiger partial charge >= 0.3 is 6.03 Å². The highest BCUT2D eigenvalue weighted by atomic mass is 79.9. The van der Waals surface area contributed by atoms with Crippen LogP contribution in [0.25, 0.3) is 6.08 Å². The van der Waals surface area contributed by atoms with Crippen molar-refractivity contribution in [3.8, 4) is 11.5 Å². The summed E-state index contributed by atoms with van der Waals surface area (Å²) in [4.78, 5) is 39.1. The maximum Gasteiger partial charge on any atom is 0.335 e. The lowest BCUT2D eigenvalue weighted by Gasteiger charge is -2.26. The molecule has 1 saturated heterocycles. The number of anilines is 1. The van der Waals surface area contributed by atoms with Crippen LogP contribution in [-0.4, -0.2) is 31.6 Å². The van der Waals surface area contributed by atoms with Gasteiger partial charge in [0.2, 0.25) is 0 Å². The predicted octanol–water partition coefficient (Wildman–Crippen LogP) is 5.86. The summed E-state index contributed by atoms with van der Waals surface area (Å²) in [6.07, 6.45) is 8.34. The third kappa shape index (κ3) is 6.47. The van der Waals surface area contributed by atoms with Crippen molar-refractivity contribution < 1.29 is 23.9 Å². The van der Waals surface area contributed by atoms with E-state index in [-0.39, 0.29) is 5.57 Å². The Morgan fingerprint density at radius 1 is 0.971 bits per heavy atom. The van der Waals surface area contributed by atoms with Crippen LogP contribution in [0.4, 0.5) is 10.5 Å². The van der Waals surface area contributed by atoms with Crippen LogP contribution in [-0.2, 0) is 9.59 Å². The molecule has 0 spiro atoms. The topological polar surface area (TPSA) is 84.9 Å². The maximum absolute atomic E-state index is 13.2. The van der Waals surface area contributed by atoms with E-state index in [2.05, 4.69) is 28.2 Å². The fourth-order valence-electron chi connectivity index (χ4n) is 3.61. The summed E-state index contributed by atoms with van der Waals surface area (Å²) in [5.41, 5.74) is 0.747. The lowest BCUT2D eigenvalue weighted by molar-refractivity contribution is -0.122. The molecule has 0 atom stereocenters. The van der Waals surface area contributed by atoms with Crippen molar-refractivity contribution >= 4 is 45.5 Å². The Morgan fingerprint density at radius 3 is 2.38 bits per heavy atom. The maximum atomic E-state index is 13.2. The SMILES string of the molecule is CCCCCCCCOc1ccc(Br)cc1/C=C1\C(=O)NC(=O)N(c2ccc(OC)cc2)C1=O. The molecule has 1 aliphatic rings. The Balaban J connectivity index is 1.79. The molecule has 34 heavy (non-hydrogen) atoms. The van der Waals surface area contributed by atoms with Gasteiger partial charge in [-0.25, -0.2) is 9.69 Å². The van der Waals surface area contributed by atoms with Crippen molar-refractivity contribution in [1.82, 2.24) is 5.32 Å². The van der Waals surface area contributed by atoms with Gasteiger partial charge in [0.15, 0.2) is 0 Å². The Bertz CT molecular complexity index is 1070. The van der Waals surface area contributed by atoms with Crippen LogP contribution in [0.3, 0.4) is 0 Å². The zero-order chi connectivity index (χ0) is 24.5. The van der Waals surface area contributed by atoms with E-state index in [4.69, 9.17) is 9.47 Å². The number of nitrogens with one attached hydrogen (secondary N) is 1. The molecule has 180 valence electrons. The number of nitrogens with zero attached hydrogens (tertiary/aromatic N) is 1. The fourth-order valence-corrected chi connectivity index (χ4v) is 3.99. The summed E-state index contributed by atoms with van der Waals surface area (Å²) in [5, 5.41) is 2.24. The Hall–Kier alpha value is -3.13. The average molecular weight is 529 g/mol. The van der Waals surface area contributed by atoms with Gasteiger partial charge in [0.05, 0.1) is 19.4 Å². The summed E-state index contributed by atoms with van der Waals surface area (Å²) >= 11 is 3.43. The number of barbiturate groups is 1. The molecule has 1 heterocycles. The lowest BCUT2D eigenvalue weighted by atomic mass is 10.1. The average Bonchev–Trinajstić information content (AvgIpc) is 2.82. The minimum Gasteiger partial charge on any atom is -0.497 e. The molecule has 0 saturated carbocycles. The number of carbonyl (C=O) groups is 3. The van der Waals surface area contributed by atoms with E-state index >= 15 is 0 Å². The van der Waals surface area contributed by atoms with Crippen molar-refractivity contribution in [3.63, 3.8) is 0 Å². The van der Waals surface area contributed by atoms with Crippen LogP contribution >= 0.6 is 15.9 Å². The van der Waals surface area contributed by atoms with Crippen LogP contribution in [0.15, 0.2) is 52.5 Å². The number of methoxy groups -OCH3 is 1. The Morgan fingerprint density at radius 2 is 1.68 bits per heavy atom. The van der Waals surface area contributed by atoms with Crippen molar-refractivity contribution in [2.24, 2.45) is 0 Å². The van der Waals surface area contributed by atoms with Crippen molar-refractivity contribution in [2.75, 3.05) is 18.6 Å². The molecule has 7 nitrogen and oxygen atoms in total. The molecule has 0 aliphatic carbocycles. The summed E-state index contributed by atoms with van der Waals surface area (Å²) in [5.74, 6) is -0.304. The van der Waals surface area contributed by atoms with Gasteiger partial charge in [-0.05, 0) is 55.0 Å². The van der Waals surface area contributed by atoms with Crippen molar-refractivity contribution in [2.45, 2.75) is 45.4 Å². The van der Waals surface area contributed by atoms with E-state index in [0.717, 1.165) is 22.2 Å². The van der Waals surface area contributed by atoms with Crippen LogP contribution < -0.4 is 19.7 Å². The number of ether oxygens (including phenoxy) is 2. The van der Waals surface area contributed by atoms with Crippen molar-refractivity contribution in [3.05, 3.63) is 58.1 Å². The van der Waals surface area contributed by atoms with E-state index in [1.807, 2.05) is 6.07 Å². The molecular weight excluding hydrogens is 500 g/mol. The number of unbranched alkanes of at least 4 members (excludes halogenated alkanes) is 5. The van der Waals surface area contributed by atoms with E-state index in [9.17, 15) is 14.4 Å². The molecule has 4 amide bonds. The van der Waals surface area contributed by atoms with Gasteiger partial charge in [0.1, 0.15) is 17.1 Å². The second-order valence-electron chi connectivity index (χ2n) is 7.95. The zero-order valence-corrected chi connectivity index (χ0v) is 21.0. The van der Waals surface area contributed by atoms with Crippen LogP contribution in [0.2, 0.25) is 0 Å². The third-order valence-electron chi connectivity index (χ3n) is 5.46. The van der Waals surface area contributed by atoms with E-state index in [1.165, 1.54) is 38.9 Å². The summed E-state index contributed by atoms with van der Waals surface area (Å²) in [6.45, 7) is 2.73. The first kappa shape index (κ1) is 25.5. The van der Waals surface area contributed by atoms with Crippen molar-refractivity contribution in [1.29, 1.82) is 0 Å². The number of rotatable bonds is 11. The first-order valence-corrected chi connectivity index (χ1v) is 12.2. The van der Waals surface area contributed by atoms with Gasteiger partial charge < -0.3 is 9.47 Å². The largest absolute Gasteiger partial charge is 0.497 e. The quantitative estimate of drug-likeness (QED) is 0.224. The Kier molecular flexibility index (Phi) is 9.27. The molecule has 0 aromatic heterocycles. The number of carbonyl (C=O) groups excluding carboxylic acids is 3. The van der Waals surface area contributed by atoms with Gasteiger partial charge in [0.25, 0.3) is 11.8 Å². The highest BCUT2D eigenvalue weighted by Crippen LogP contribution is 2.29. The number of halogens is 1. The predicted molar refractivity (Wildman–Crippen MR) is 135 cm³/mol. The lowest BCUT2D eigenvalue weighted by Crippen LogP contribution is -2.54. The molecule has 8 heteroatoms. The molecule has 0 bridgehead atoms. The highest BCUT2D eigenvalue weighted by Gasteiger charge is 2.37. The summed E-state index contributed by atoms with van der Waals surface area (Å²) < 4.78 is 11.9. The monoisotopic (exact) mass is 528 g/mol. The number of imide groups is 2. The molecule has 3 rings (SSSR count). The number of amides is 4. The first-order chi connectivity index (χ1) is 16.4.